The van der Waals surface area contributed by atoms with E-state index in [1.54, 1.807) is 6.20 Å². The highest BCUT2D eigenvalue weighted by Gasteiger charge is 2.49. The van der Waals surface area contributed by atoms with Crippen molar-refractivity contribution in [1.82, 2.24) is 19.6 Å². The van der Waals surface area contributed by atoms with Crippen LogP contribution in [0.4, 0.5) is 5.95 Å². The maximum absolute atomic E-state index is 12.7. The van der Waals surface area contributed by atoms with Gasteiger partial charge in [-0.15, -0.1) is 0 Å². The molecule has 10 nitrogen and oxygen atoms in total. The number of piperidine rings is 3. The van der Waals surface area contributed by atoms with E-state index in [1.807, 2.05) is 17.9 Å². The third-order valence-electron chi connectivity index (χ3n) is 6.12. The summed E-state index contributed by atoms with van der Waals surface area (Å²) in [6, 6.07) is 1.96. The van der Waals surface area contributed by atoms with Crippen molar-refractivity contribution in [2.45, 2.75) is 44.7 Å². The Morgan fingerprint density at radius 2 is 2.03 bits per heavy atom. The molecule has 4 heterocycles. The Balaban J connectivity index is 0.000000806. The van der Waals surface area contributed by atoms with Crippen LogP contribution in [0.25, 0.3) is 0 Å². The molecular weight excluding hydrogens is 410 g/mol. The number of fused-ring (bicyclic) bond motifs is 4. The molecule has 0 aromatic carbocycles. The number of carboxylic acid groups (broad SMARTS) is 1. The molecule has 0 spiro atoms. The van der Waals surface area contributed by atoms with Gasteiger partial charge in [0.05, 0.1) is 12.3 Å². The maximum atomic E-state index is 12.7. The number of sulfonamides is 1. The summed E-state index contributed by atoms with van der Waals surface area (Å²) in [4.78, 5) is 34.3. The minimum atomic E-state index is -3.30. The molecule has 11 heteroatoms. The molecule has 4 atom stereocenters. The SMILES string of the molecule is Cc1ccnc(N2C[C@H]3C[C@@H](C2)[C@H](CNS(C)(=O)=O)N2C(=O)CCC[C@@H]32)n1.O=CO. The Morgan fingerprint density at radius 1 is 1.33 bits per heavy atom. The predicted molar refractivity (Wildman–Crippen MR) is 110 cm³/mol. The van der Waals surface area contributed by atoms with Gasteiger partial charge in [0.1, 0.15) is 0 Å². The molecular formula is C19H29N5O5S. The summed E-state index contributed by atoms with van der Waals surface area (Å²) < 4.78 is 26.0. The number of anilines is 1. The number of rotatable bonds is 4. The quantitative estimate of drug-likeness (QED) is 0.638. The van der Waals surface area contributed by atoms with Gasteiger partial charge >= 0.3 is 0 Å². The normalized spacial score (nSPS) is 28.3. The minimum absolute atomic E-state index is 0.110. The lowest BCUT2D eigenvalue weighted by Gasteiger charge is -2.56. The van der Waals surface area contributed by atoms with Gasteiger partial charge in [-0.1, -0.05) is 0 Å². The number of hydrogen-bond donors (Lipinski definition) is 2. The Bertz CT molecular complexity index is 880. The van der Waals surface area contributed by atoms with Gasteiger partial charge in [0, 0.05) is 44.0 Å². The molecule has 166 valence electrons. The Morgan fingerprint density at radius 3 is 2.70 bits per heavy atom. The summed E-state index contributed by atoms with van der Waals surface area (Å²) in [5.41, 5.74) is 0.931. The summed E-state index contributed by atoms with van der Waals surface area (Å²) >= 11 is 0. The van der Waals surface area contributed by atoms with Crippen molar-refractivity contribution in [2.75, 3.05) is 30.8 Å². The van der Waals surface area contributed by atoms with Crippen LogP contribution in [0.3, 0.4) is 0 Å². The van der Waals surface area contributed by atoms with Gasteiger partial charge < -0.3 is 14.9 Å². The van der Waals surface area contributed by atoms with E-state index in [0.29, 0.717) is 12.3 Å². The molecule has 3 saturated heterocycles. The van der Waals surface area contributed by atoms with Gasteiger partial charge in [-0.2, -0.15) is 0 Å². The van der Waals surface area contributed by atoms with Crippen molar-refractivity contribution in [3.63, 3.8) is 0 Å². The second kappa shape index (κ2) is 9.25. The van der Waals surface area contributed by atoms with E-state index in [4.69, 9.17) is 9.90 Å². The van der Waals surface area contributed by atoms with Crippen LogP contribution >= 0.6 is 0 Å². The highest BCUT2D eigenvalue weighted by molar-refractivity contribution is 7.88. The van der Waals surface area contributed by atoms with Gasteiger partial charge in [-0.25, -0.2) is 23.1 Å². The first-order valence-corrected chi connectivity index (χ1v) is 12.0. The first-order chi connectivity index (χ1) is 14.2. The molecule has 2 N–H and O–H groups in total. The van der Waals surface area contributed by atoms with E-state index in [1.165, 1.54) is 6.26 Å². The lowest BCUT2D eigenvalue weighted by atomic mass is 9.72. The Hall–Kier alpha value is -2.27. The van der Waals surface area contributed by atoms with Crippen molar-refractivity contribution >= 4 is 28.4 Å². The minimum Gasteiger partial charge on any atom is -0.483 e. The average molecular weight is 440 g/mol. The lowest BCUT2D eigenvalue weighted by molar-refractivity contribution is -0.148. The van der Waals surface area contributed by atoms with Gasteiger partial charge in [0.15, 0.2) is 0 Å². The molecule has 3 aliphatic rings. The summed E-state index contributed by atoms with van der Waals surface area (Å²) in [5.74, 6) is 1.49. The molecule has 0 radical (unpaired) electrons. The molecule has 2 bridgehead atoms. The number of carbonyl (C=O) groups excluding carboxylic acids is 1. The molecule has 0 unspecified atom stereocenters. The molecule has 1 aromatic heterocycles. The number of hydrogen-bond acceptors (Lipinski definition) is 7. The number of nitrogens with zero attached hydrogens (tertiary/aromatic N) is 4. The van der Waals surface area contributed by atoms with Crippen molar-refractivity contribution in [2.24, 2.45) is 11.8 Å². The molecule has 3 fully saturated rings. The van der Waals surface area contributed by atoms with Crippen LogP contribution in [0.2, 0.25) is 0 Å². The number of amides is 1. The number of carbonyl (C=O) groups is 2. The lowest BCUT2D eigenvalue weighted by Crippen LogP contribution is -2.67. The van der Waals surface area contributed by atoms with Gasteiger partial charge in [0.2, 0.25) is 21.9 Å². The van der Waals surface area contributed by atoms with Crippen LogP contribution in [0.5, 0.6) is 0 Å². The summed E-state index contributed by atoms with van der Waals surface area (Å²) in [6.45, 7) is 3.57. The Kier molecular flexibility index (Phi) is 6.91. The fourth-order valence-corrected chi connectivity index (χ4v) is 5.50. The Labute approximate surface area is 176 Å². The van der Waals surface area contributed by atoms with Crippen molar-refractivity contribution in [1.29, 1.82) is 0 Å². The van der Waals surface area contributed by atoms with E-state index < -0.39 is 10.0 Å². The van der Waals surface area contributed by atoms with E-state index in [0.717, 1.165) is 44.0 Å². The van der Waals surface area contributed by atoms with Crippen LogP contribution in [0.1, 0.15) is 31.4 Å². The summed E-state index contributed by atoms with van der Waals surface area (Å²) in [7, 11) is -3.30. The molecule has 30 heavy (non-hydrogen) atoms. The zero-order valence-electron chi connectivity index (χ0n) is 17.3. The zero-order chi connectivity index (χ0) is 21.9. The van der Waals surface area contributed by atoms with Crippen LogP contribution in [-0.2, 0) is 19.6 Å². The van der Waals surface area contributed by atoms with Crippen molar-refractivity contribution < 1.29 is 23.1 Å². The van der Waals surface area contributed by atoms with Gasteiger partial charge in [0.25, 0.3) is 6.47 Å². The zero-order valence-corrected chi connectivity index (χ0v) is 18.1. The highest BCUT2D eigenvalue weighted by atomic mass is 32.2. The molecule has 3 aliphatic heterocycles. The van der Waals surface area contributed by atoms with E-state index >= 15 is 0 Å². The molecule has 4 rings (SSSR count). The molecule has 0 saturated carbocycles. The van der Waals surface area contributed by atoms with Gasteiger partial charge in [-0.3, -0.25) is 9.59 Å². The third kappa shape index (κ3) is 5.07. The van der Waals surface area contributed by atoms with E-state index in [-0.39, 0.29) is 36.9 Å². The largest absolute Gasteiger partial charge is 0.483 e. The third-order valence-corrected chi connectivity index (χ3v) is 6.81. The summed E-state index contributed by atoms with van der Waals surface area (Å²) in [5, 5.41) is 6.89. The topological polar surface area (TPSA) is 133 Å². The first-order valence-electron chi connectivity index (χ1n) is 10.1. The highest BCUT2D eigenvalue weighted by Crippen LogP contribution is 2.42. The molecule has 1 amide bonds. The van der Waals surface area contributed by atoms with Crippen LogP contribution in [-0.4, -0.2) is 78.7 Å². The summed E-state index contributed by atoms with van der Waals surface area (Å²) in [6.07, 6.45) is 6.43. The second-order valence-electron chi connectivity index (χ2n) is 8.21. The van der Waals surface area contributed by atoms with E-state index in [9.17, 15) is 13.2 Å². The number of aryl methyl sites for hydroxylation is 1. The van der Waals surface area contributed by atoms with E-state index in [2.05, 4.69) is 19.6 Å². The van der Waals surface area contributed by atoms with Crippen molar-refractivity contribution in [3.05, 3.63) is 18.0 Å². The smallest absolute Gasteiger partial charge is 0.290 e. The monoisotopic (exact) mass is 439 g/mol. The van der Waals surface area contributed by atoms with Crippen LogP contribution in [0.15, 0.2) is 12.3 Å². The fraction of sp³-hybridized carbons (Fsp3) is 0.684. The maximum Gasteiger partial charge on any atom is 0.290 e. The fourth-order valence-electron chi connectivity index (χ4n) is 5.03. The van der Waals surface area contributed by atoms with Crippen LogP contribution < -0.4 is 9.62 Å². The number of aromatic nitrogens is 2. The van der Waals surface area contributed by atoms with Crippen LogP contribution in [0, 0.1) is 18.8 Å². The first kappa shape index (κ1) is 22.4. The standard InChI is InChI=1S/C18H27N5O3S.CH2O2/c1-12-6-7-19-18(21-12)22-10-13-8-14(11-22)16(9-20-27(2,25)26)23-15(13)4-3-5-17(23)24;2-1-3/h6-7,13-16,20H,3-5,8-11H2,1-2H3;1H,(H,2,3)/t13-,14+,15+,16+;/m1./s1. The molecule has 0 aliphatic carbocycles. The molecule has 1 aromatic rings. The predicted octanol–water partition coefficient (Wildman–Crippen LogP) is 0.241. The number of nitrogens with one attached hydrogen (secondary N) is 1. The second-order valence-corrected chi connectivity index (χ2v) is 10.0. The van der Waals surface area contributed by atoms with Crippen molar-refractivity contribution in [3.8, 4) is 0 Å². The average Bonchev–Trinajstić information content (AvgIpc) is 2.68. The van der Waals surface area contributed by atoms with Gasteiger partial charge in [-0.05, 0) is 44.1 Å².